The molecule has 1 unspecified atom stereocenters. The van der Waals surface area contributed by atoms with E-state index in [1.807, 2.05) is 52.0 Å². The van der Waals surface area contributed by atoms with Crippen molar-refractivity contribution < 1.29 is 9.53 Å². The number of carbonyl (C=O) groups is 1. The average molecular weight is 317 g/mol. The number of benzene rings is 1. The molecule has 124 valence electrons. The largest absolute Gasteiger partial charge is 0.444 e. The maximum absolute atomic E-state index is 11.6. The van der Waals surface area contributed by atoms with Gasteiger partial charge < -0.3 is 15.4 Å². The molecule has 1 heterocycles. The van der Waals surface area contributed by atoms with E-state index in [-0.39, 0.29) is 6.04 Å². The molecule has 1 aromatic heterocycles. The van der Waals surface area contributed by atoms with Crippen molar-refractivity contribution >= 4 is 11.8 Å². The highest BCUT2D eigenvalue weighted by Crippen LogP contribution is 2.13. The third kappa shape index (κ3) is 5.61. The first-order chi connectivity index (χ1) is 10.8. The zero-order chi connectivity index (χ0) is 16.9. The van der Waals surface area contributed by atoms with Crippen LogP contribution < -0.4 is 10.6 Å². The van der Waals surface area contributed by atoms with Crippen LogP contribution >= 0.6 is 0 Å². The van der Waals surface area contributed by atoms with Gasteiger partial charge in [0.25, 0.3) is 0 Å². The summed E-state index contributed by atoms with van der Waals surface area (Å²) in [4.78, 5) is 15.5. The lowest BCUT2D eigenvalue weighted by Gasteiger charge is -2.21. The molecule has 0 aliphatic rings. The Hall–Kier alpha value is -2.57. The van der Waals surface area contributed by atoms with E-state index >= 15 is 0 Å². The summed E-state index contributed by atoms with van der Waals surface area (Å²) in [6.45, 7) is 7.98. The number of hydrogen-bond acceptors (Lipinski definition) is 5. The molecule has 0 spiro atoms. The van der Waals surface area contributed by atoms with Crippen molar-refractivity contribution in [2.45, 2.75) is 39.3 Å². The molecule has 1 atom stereocenters. The molecule has 7 nitrogen and oxygen atoms in total. The van der Waals surface area contributed by atoms with Crippen LogP contribution in [0.4, 0.5) is 10.5 Å². The molecule has 0 aliphatic carbocycles. The Labute approximate surface area is 136 Å². The summed E-state index contributed by atoms with van der Waals surface area (Å²) in [6.07, 6.45) is 2.74. The number of alkyl carbamates (subject to hydrolysis) is 1. The SMILES string of the molecule is CC(CNC(=O)OC(C)(C)C)Nc1ccc(-n2cncn2)cc1. The van der Waals surface area contributed by atoms with Gasteiger partial charge >= 0.3 is 6.09 Å². The van der Waals surface area contributed by atoms with Gasteiger partial charge in [0.2, 0.25) is 0 Å². The van der Waals surface area contributed by atoms with Crippen LogP contribution in [-0.4, -0.2) is 39.0 Å². The summed E-state index contributed by atoms with van der Waals surface area (Å²) in [5, 5.41) is 10.1. The molecule has 2 aromatic rings. The normalized spacial score (nSPS) is 12.5. The highest BCUT2D eigenvalue weighted by Gasteiger charge is 2.16. The summed E-state index contributed by atoms with van der Waals surface area (Å²) in [7, 11) is 0. The molecular weight excluding hydrogens is 294 g/mol. The maximum atomic E-state index is 11.6. The molecule has 0 aliphatic heterocycles. The Morgan fingerprint density at radius 1 is 1.30 bits per heavy atom. The number of ether oxygens (including phenoxy) is 1. The molecule has 1 amide bonds. The van der Waals surface area contributed by atoms with Crippen LogP contribution in [0.3, 0.4) is 0 Å². The van der Waals surface area contributed by atoms with Crippen LogP contribution in [0.15, 0.2) is 36.9 Å². The van der Waals surface area contributed by atoms with Gasteiger partial charge in [0.15, 0.2) is 0 Å². The van der Waals surface area contributed by atoms with Gasteiger partial charge in [0.05, 0.1) is 5.69 Å². The van der Waals surface area contributed by atoms with Crippen LogP contribution in [0.5, 0.6) is 0 Å². The molecule has 2 rings (SSSR count). The van der Waals surface area contributed by atoms with E-state index in [9.17, 15) is 4.79 Å². The van der Waals surface area contributed by atoms with Crippen LogP contribution in [-0.2, 0) is 4.74 Å². The highest BCUT2D eigenvalue weighted by molar-refractivity contribution is 5.67. The summed E-state index contributed by atoms with van der Waals surface area (Å²) < 4.78 is 6.89. The van der Waals surface area contributed by atoms with Crippen LogP contribution in [0.25, 0.3) is 5.69 Å². The maximum Gasteiger partial charge on any atom is 0.407 e. The minimum atomic E-state index is -0.488. The first-order valence-corrected chi connectivity index (χ1v) is 7.52. The number of amides is 1. The Balaban J connectivity index is 1.81. The minimum absolute atomic E-state index is 0.0692. The van der Waals surface area contributed by atoms with Gasteiger partial charge in [-0.3, -0.25) is 0 Å². The third-order valence-electron chi connectivity index (χ3n) is 2.92. The number of hydrogen-bond donors (Lipinski definition) is 2. The molecule has 7 heteroatoms. The lowest BCUT2D eigenvalue weighted by Crippen LogP contribution is -2.38. The van der Waals surface area contributed by atoms with Gasteiger partial charge in [-0.2, -0.15) is 5.10 Å². The van der Waals surface area contributed by atoms with E-state index < -0.39 is 11.7 Å². The van der Waals surface area contributed by atoms with Crippen molar-refractivity contribution in [1.82, 2.24) is 20.1 Å². The van der Waals surface area contributed by atoms with Crippen molar-refractivity contribution in [3.05, 3.63) is 36.9 Å². The molecule has 1 aromatic carbocycles. The summed E-state index contributed by atoms with van der Waals surface area (Å²) in [5.41, 5.74) is 1.41. The lowest BCUT2D eigenvalue weighted by atomic mass is 10.2. The van der Waals surface area contributed by atoms with Crippen molar-refractivity contribution in [1.29, 1.82) is 0 Å². The lowest BCUT2D eigenvalue weighted by molar-refractivity contribution is 0.0526. The molecule has 23 heavy (non-hydrogen) atoms. The van der Waals surface area contributed by atoms with Gasteiger partial charge in [0.1, 0.15) is 18.3 Å². The standard InChI is InChI=1S/C16H23N5O2/c1-12(9-18-15(22)23-16(2,3)4)20-13-5-7-14(8-6-13)21-11-17-10-19-21/h5-8,10-12,20H,9H2,1-4H3,(H,18,22). The number of anilines is 1. The van der Waals surface area contributed by atoms with E-state index in [2.05, 4.69) is 20.7 Å². The first-order valence-electron chi connectivity index (χ1n) is 7.52. The van der Waals surface area contributed by atoms with Crippen molar-refractivity contribution in [2.24, 2.45) is 0 Å². The van der Waals surface area contributed by atoms with Crippen molar-refractivity contribution in [3.63, 3.8) is 0 Å². The van der Waals surface area contributed by atoms with Gasteiger partial charge in [-0.05, 0) is 52.0 Å². The second-order valence-electron chi connectivity index (χ2n) is 6.32. The number of nitrogens with one attached hydrogen (secondary N) is 2. The molecule has 2 N–H and O–H groups in total. The van der Waals surface area contributed by atoms with E-state index in [1.165, 1.54) is 6.33 Å². The Morgan fingerprint density at radius 3 is 2.57 bits per heavy atom. The number of carbonyl (C=O) groups excluding carboxylic acids is 1. The fourth-order valence-corrected chi connectivity index (χ4v) is 1.94. The minimum Gasteiger partial charge on any atom is -0.444 e. The Bertz CT molecular complexity index is 617. The summed E-state index contributed by atoms with van der Waals surface area (Å²) in [5.74, 6) is 0. The molecule has 0 radical (unpaired) electrons. The number of rotatable bonds is 5. The molecule has 0 fully saturated rings. The Morgan fingerprint density at radius 2 is 2.00 bits per heavy atom. The Kier molecular flexibility index (Phi) is 5.20. The molecular formula is C16H23N5O2. The monoisotopic (exact) mass is 317 g/mol. The van der Waals surface area contributed by atoms with E-state index in [0.717, 1.165) is 11.4 Å². The van der Waals surface area contributed by atoms with Crippen LogP contribution in [0.2, 0.25) is 0 Å². The molecule has 0 saturated carbocycles. The summed E-state index contributed by atoms with van der Waals surface area (Å²) >= 11 is 0. The second-order valence-corrected chi connectivity index (χ2v) is 6.32. The zero-order valence-corrected chi connectivity index (χ0v) is 13.9. The third-order valence-corrected chi connectivity index (χ3v) is 2.92. The second kappa shape index (κ2) is 7.13. The van der Waals surface area contributed by atoms with Crippen molar-refractivity contribution in [2.75, 3.05) is 11.9 Å². The molecule has 0 saturated heterocycles. The fraction of sp³-hybridized carbons (Fsp3) is 0.438. The van der Waals surface area contributed by atoms with E-state index in [0.29, 0.717) is 6.54 Å². The van der Waals surface area contributed by atoms with Crippen molar-refractivity contribution in [3.8, 4) is 5.69 Å². The van der Waals surface area contributed by atoms with E-state index in [4.69, 9.17) is 4.74 Å². The van der Waals surface area contributed by atoms with Gasteiger partial charge in [-0.1, -0.05) is 0 Å². The first kappa shape index (κ1) is 16.8. The molecule has 0 bridgehead atoms. The zero-order valence-electron chi connectivity index (χ0n) is 13.9. The van der Waals surface area contributed by atoms with Crippen LogP contribution in [0, 0.1) is 0 Å². The quantitative estimate of drug-likeness (QED) is 0.886. The van der Waals surface area contributed by atoms with Crippen LogP contribution in [0.1, 0.15) is 27.7 Å². The topological polar surface area (TPSA) is 81.1 Å². The fourth-order valence-electron chi connectivity index (χ4n) is 1.94. The van der Waals surface area contributed by atoms with Gasteiger partial charge in [-0.25, -0.2) is 14.5 Å². The predicted octanol–water partition coefficient (Wildman–Crippen LogP) is 2.59. The number of nitrogens with zero attached hydrogens (tertiary/aromatic N) is 3. The smallest absolute Gasteiger partial charge is 0.407 e. The van der Waals surface area contributed by atoms with Gasteiger partial charge in [-0.15, -0.1) is 0 Å². The summed E-state index contributed by atoms with van der Waals surface area (Å²) in [6, 6.07) is 7.89. The predicted molar refractivity (Wildman–Crippen MR) is 88.7 cm³/mol. The van der Waals surface area contributed by atoms with Gasteiger partial charge in [0, 0.05) is 18.3 Å². The van der Waals surface area contributed by atoms with E-state index in [1.54, 1.807) is 11.0 Å². The number of aromatic nitrogens is 3. The highest BCUT2D eigenvalue weighted by atomic mass is 16.6. The average Bonchev–Trinajstić information content (AvgIpc) is 2.98.